The Hall–Kier alpha value is -1.75. The van der Waals surface area contributed by atoms with Gasteiger partial charge in [-0.05, 0) is 24.1 Å². The first-order valence-corrected chi connectivity index (χ1v) is 5.89. The quantitative estimate of drug-likeness (QED) is 0.737. The van der Waals surface area contributed by atoms with Crippen molar-refractivity contribution in [3.63, 3.8) is 0 Å². The van der Waals surface area contributed by atoms with Crippen molar-refractivity contribution in [1.82, 2.24) is 5.32 Å². The molecule has 0 aromatic heterocycles. The molecule has 1 aromatic carbocycles. The fraction of sp³-hybridized carbons (Fsp3) is 0.462. The van der Waals surface area contributed by atoms with Gasteiger partial charge >= 0.3 is 5.97 Å². The Morgan fingerprint density at radius 3 is 2.78 bits per heavy atom. The number of benzene rings is 1. The van der Waals surface area contributed by atoms with Crippen molar-refractivity contribution in [3.8, 4) is 11.5 Å². The number of ether oxygens (including phenoxy) is 2. The third-order valence-electron chi connectivity index (χ3n) is 2.30. The van der Waals surface area contributed by atoms with Crippen LogP contribution in [-0.2, 0) is 11.3 Å². The first kappa shape index (κ1) is 14.3. The summed E-state index contributed by atoms with van der Waals surface area (Å²) < 4.78 is 10.8. The predicted octanol–water partition coefficient (Wildman–Crippen LogP) is 1.66. The molecule has 5 nitrogen and oxygen atoms in total. The van der Waals surface area contributed by atoms with Crippen molar-refractivity contribution in [2.45, 2.75) is 19.9 Å². The fourth-order valence-electron chi connectivity index (χ4n) is 1.47. The van der Waals surface area contributed by atoms with Gasteiger partial charge in [0.15, 0.2) is 11.5 Å². The Kier molecular flexibility index (Phi) is 6.00. The third kappa shape index (κ3) is 4.63. The average Bonchev–Trinajstić information content (AvgIpc) is 2.36. The van der Waals surface area contributed by atoms with Gasteiger partial charge in [0.2, 0.25) is 0 Å². The molecule has 5 heteroatoms. The number of rotatable bonds is 8. The van der Waals surface area contributed by atoms with Gasteiger partial charge in [0, 0.05) is 6.54 Å². The fourth-order valence-corrected chi connectivity index (χ4v) is 1.47. The molecule has 0 aliphatic heterocycles. The van der Waals surface area contributed by atoms with Crippen LogP contribution in [0.3, 0.4) is 0 Å². The maximum atomic E-state index is 10.4. The topological polar surface area (TPSA) is 67.8 Å². The molecule has 0 heterocycles. The molecule has 0 spiro atoms. The maximum absolute atomic E-state index is 10.4. The number of carbonyl (C=O) groups is 1. The summed E-state index contributed by atoms with van der Waals surface area (Å²) in [6.07, 6.45) is 0.936. The van der Waals surface area contributed by atoms with Crippen molar-refractivity contribution in [1.29, 1.82) is 0 Å². The number of nitrogens with one attached hydrogen (secondary N) is 1. The monoisotopic (exact) mass is 253 g/mol. The van der Waals surface area contributed by atoms with Gasteiger partial charge in [-0.1, -0.05) is 13.0 Å². The SMILES string of the molecule is CCCOc1ccc(CNCC(=O)O)cc1OC. The van der Waals surface area contributed by atoms with Crippen LogP contribution in [-0.4, -0.2) is 31.3 Å². The number of carboxylic acid groups (broad SMARTS) is 1. The van der Waals surface area contributed by atoms with Gasteiger partial charge in [-0.25, -0.2) is 0 Å². The van der Waals surface area contributed by atoms with Gasteiger partial charge in [-0.2, -0.15) is 0 Å². The van der Waals surface area contributed by atoms with Crippen molar-refractivity contribution >= 4 is 5.97 Å². The number of methoxy groups -OCH3 is 1. The van der Waals surface area contributed by atoms with E-state index >= 15 is 0 Å². The highest BCUT2D eigenvalue weighted by atomic mass is 16.5. The third-order valence-corrected chi connectivity index (χ3v) is 2.30. The minimum atomic E-state index is -0.870. The van der Waals surface area contributed by atoms with E-state index in [1.807, 2.05) is 25.1 Å². The van der Waals surface area contributed by atoms with Gasteiger partial charge in [0.25, 0.3) is 0 Å². The highest BCUT2D eigenvalue weighted by Crippen LogP contribution is 2.28. The lowest BCUT2D eigenvalue weighted by Gasteiger charge is -2.11. The normalized spacial score (nSPS) is 10.1. The highest BCUT2D eigenvalue weighted by Gasteiger charge is 2.05. The lowest BCUT2D eigenvalue weighted by Crippen LogP contribution is -2.21. The molecule has 0 saturated heterocycles. The smallest absolute Gasteiger partial charge is 0.317 e. The Bertz CT molecular complexity index is 393. The number of carboxylic acids is 1. The summed E-state index contributed by atoms with van der Waals surface area (Å²) in [5.74, 6) is 0.504. The first-order valence-electron chi connectivity index (χ1n) is 5.89. The Morgan fingerprint density at radius 1 is 1.39 bits per heavy atom. The molecule has 0 unspecified atom stereocenters. The molecule has 0 bridgehead atoms. The minimum absolute atomic E-state index is 0.0591. The van der Waals surface area contributed by atoms with Crippen LogP contribution in [0.4, 0.5) is 0 Å². The molecule has 0 radical (unpaired) electrons. The summed E-state index contributed by atoms with van der Waals surface area (Å²) in [6, 6.07) is 5.58. The molecule has 1 aromatic rings. The second-order valence-corrected chi connectivity index (χ2v) is 3.83. The van der Waals surface area contributed by atoms with Gasteiger partial charge in [-0.3, -0.25) is 4.79 Å². The molecule has 18 heavy (non-hydrogen) atoms. The van der Waals surface area contributed by atoms with E-state index in [0.717, 1.165) is 12.0 Å². The van der Waals surface area contributed by atoms with Crippen LogP contribution >= 0.6 is 0 Å². The van der Waals surface area contributed by atoms with Gasteiger partial charge in [0.1, 0.15) is 0 Å². The van der Waals surface area contributed by atoms with E-state index in [9.17, 15) is 4.79 Å². The molecule has 1 rings (SSSR count). The molecular formula is C13H19NO4. The molecule has 0 saturated carbocycles. The van der Waals surface area contributed by atoms with Crippen LogP contribution < -0.4 is 14.8 Å². The van der Waals surface area contributed by atoms with E-state index in [-0.39, 0.29) is 6.54 Å². The molecule has 0 amide bonds. The standard InChI is InChI=1S/C13H19NO4/c1-3-6-18-11-5-4-10(7-12(11)17-2)8-14-9-13(15)16/h4-5,7,14H,3,6,8-9H2,1-2H3,(H,15,16). The molecule has 2 N–H and O–H groups in total. The molecule has 0 aliphatic carbocycles. The number of aliphatic carboxylic acids is 1. The van der Waals surface area contributed by atoms with E-state index < -0.39 is 5.97 Å². The predicted molar refractivity (Wildman–Crippen MR) is 68.1 cm³/mol. The summed E-state index contributed by atoms with van der Waals surface area (Å²) in [5.41, 5.74) is 0.956. The highest BCUT2D eigenvalue weighted by molar-refractivity contribution is 5.69. The molecular weight excluding hydrogens is 234 g/mol. The zero-order valence-electron chi connectivity index (χ0n) is 10.7. The van der Waals surface area contributed by atoms with E-state index in [2.05, 4.69) is 5.32 Å². The number of hydrogen-bond acceptors (Lipinski definition) is 4. The van der Waals surface area contributed by atoms with E-state index in [1.165, 1.54) is 0 Å². The van der Waals surface area contributed by atoms with Crippen LogP contribution in [0.5, 0.6) is 11.5 Å². The second-order valence-electron chi connectivity index (χ2n) is 3.83. The average molecular weight is 253 g/mol. The molecule has 0 fully saturated rings. The summed E-state index contributed by atoms with van der Waals surface area (Å²) in [6.45, 7) is 3.11. The Labute approximate surface area is 107 Å². The van der Waals surface area contributed by atoms with Crippen LogP contribution in [0, 0.1) is 0 Å². The van der Waals surface area contributed by atoms with Crippen LogP contribution in [0.25, 0.3) is 0 Å². The van der Waals surface area contributed by atoms with Crippen LogP contribution in [0.1, 0.15) is 18.9 Å². The zero-order valence-corrected chi connectivity index (χ0v) is 10.7. The zero-order chi connectivity index (χ0) is 13.4. The first-order chi connectivity index (χ1) is 8.67. The van der Waals surface area contributed by atoms with Gasteiger partial charge in [-0.15, -0.1) is 0 Å². The van der Waals surface area contributed by atoms with Gasteiger partial charge < -0.3 is 19.9 Å². The second kappa shape index (κ2) is 7.55. The summed E-state index contributed by atoms with van der Waals surface area (Å²) in [4.78, 5) is 10.4. The van der Waals surface area contributed by atoms with Crippen molar-refractivity contribution in [2.24, 2.45) is 0 Å². The van der Waals surface area contributed by atoms with Crippen LogP contribution in [0.2, 0.25) is 0 Å². The van der Waals surface area contributed by atoms with E-state index in [0.29, 0.717) is 24.7 Å². The van der Waals surface area contributed by atoms with Crippen molar-refractivity contribution < 1.29 is 19.4 Å². The van der Waals surface area contributed by atoms with Crippen molar-refractivity contribution in [3.05, 3.63) is 23.8 Å². The molecule has 0 atom stereocenters. The van der Waals surface area contributed by atoms with Gasteiger partial charge in [0.05, 0.1) is 20.3 Å². The Morgan fingerprint density at radius 2 is 2.17 bits per heavy atom. The van der Waals surface area contributed by atoms with E-state index in [1.54, 1.807) is 7.11 Å². The number of hydrogen-bond donors (Lipinski definition) is 2. The summed E-state index contributed by atoms with van der Waals surface area (Å²) in [5, 5.41) is 11.3. The summed E-state index contributed by atoms with van der Waals surface area (Å²) in [7, 11) is 1.59. The maximum Gasteiger partial charge on any atom is 0.317 e. The Balaban J connectivity index is 2.63. The molecule has 0 aliphatic rings. The van der Waals surface area contributed by atoms with Crippen molar-refractivity contribution in [2.75, 3.05) is 20.3 Å². The summed E-state index contributed by atoms with van der Waals surface area (Å²) >= 11 is 0. The lowest BCUT2D eigenvalue weighted by molar-refractivity contribution is -0.135. The molecule has 100 valence electrons. The lowest BCUT2D eigenvalue weighted by atomic mass is 10.2. The van der Waals surface area contributed by atoms with Crippen LogP contribution in [0.15, 0.2) is 18.2 Å². The van der Waals surface area contributed by atoms with E-state index in [4.69, 9.17) is 14.6 Å². The minimum Gasteiger partial charge on any atom is -0.493 e. The largest absolute Gasteiger partial charge is 0.493 e.